The maximum absolute atomic E-state index is 11.5. The second kappa shape index (κ2) is 7.11. The molecule has 1 aromatic heterocycles. The molecule has 0 atom stereocenters. The normalized spacial score (nSPS) is 10.5. The number of Topliss-reactive ketones (excluding diaryl/α,β-unsaturated/α-hetero) is 1. The molecule has 0 unspecified atom stereocenters. The lowest BCUT2D eigenvalue weighted by Crippen LogP contribution is -2.11. The molecule has 0 bridgehead atoms. The third-order valence-corrected chi connectivity index (χ3v) is 3.32. The van der Waals surface area contributed by atoms with Gasteiger partial charge in [-0.15, -0.1) is 11.3 Å². The van der Waals surface area contributed by atoms with E-state index in [1.807, 2.05) is 13.0 Å². The lowest BCUT2D eigenvalue weighted by atomic mass is 10.3. The van der Waals surface area contributed by atoms with Crippen molar-refractivity contribution in [3.63, 3.8) is 0 Å². The van der Waals surface area contributed by atoms with Crippen LogP contribution in [0.2, 0.25) is 0 Å². The summed E-state index contributed by atoms with van der Waals surface area (Å²) in [6, 6.07) is 3.65. The van der Waals surface area contributed by atoms with Crippen LogP contribution >= 0.6 is 27.3 Å². The lowest BCUT2D eigenvalue weighted by Gasteiger charge is -2.02. The van der Waals surface area contributed by atoms with Crippen molar-refractivity contribution < 1.29 is 14.3 Å². The van der Waals surface area contributed by atoms with Crippen molar-refractivity contribution in [2.24, 2.45) is 0 Å². The summed E-state index contributed by atoms with van der Waals surface area (Å²) in [7, 11) is 0. The standard InChI is InChI=1S/C10H13BrO3S/c1-2-13-5-6-14-7-8(12)9-3-4-10(11)15-9/h3-4H,2,5-7H2,1H3. The van der Waals surface area contributed by atoms with Crippen LogP contribution in [0.4, 0.5) is 0 Å². The van der Waals surface area contributed by atoms with Gasteiger partial charge in [0.25, 0.3) is 0 Å². The van der Waals surface area contributed by atoms with Gasteiger partial charge in [0.1, 0.15) is 6.61 Å². The highest BCUT2D eigenvalue weighted by molar-refractivity contribution is 9.11. The Morgan fingerprint density at radius 3 is 2.73 bits per heavy atom. The SMILES string of the molecule is CCOCCOCC(=O)c1ccc(Br)s1. The number of halogens is 1. The Kier molecular flexibility index (Phi) is 6.09. The maximum Gasteiger partial charge on any atom is 0.198 e. The zero-order chi connectivity index (χ0) is 11.1. The molecule has 0 fully saturated rings. The van der Waals surface area contributed by atoms with Crippen molar-refractivity contribution in [1.29, 1.82) is 0 Å². The Balaban J connectivity index is 2.19. The Bertz CT molecular complexity index is 311. The molecule has 3 nitrogen and oxygen atoms in total. The summed E-state index contributed by atoms with van der Waals surface area (Å²) in [5, 5.41) is 0. The minimum atomic E-state index is 0.0159. The summed E-state index contributed by atoms with van der Waals surface area (Å²) in [5.41, 5.74) is 0. The van der Waals surface area contributed by atoms with Gasteiger partial charge in [0, 0.05) is 6.61 Å². The van der Waals surface area contributed by atoms with Crippen molar-refractivity contribution in [2.45, 2.75) is 6.92 Å². The number of hydrogen-bond donors (Lipinski definition) is 0. The minimum absolute atomic E-state index is 0.0159. The molecule has 1 rings (SSSR count). The topological polar surface area (TPSA) is 35.5 Å². The van der Waals surface area contributed by atoms with Gasteiger partial charge >= 0.3 is 0 Å². The minimum Gasteiger partial charge on any atom is -0.379 e. The quantitative estimate of drug-likeness (QED) is 0.573. The predicted molar refractivity (Wildman–Crippen MR) is 63.7 cm³/mol. The number of hydrogen-bond acceptors (Lipinski definition) is 4. The Morgan fingerprint density at radius 2 is 2.13 bits per heavy atom. The summed E-state index contributed by atoms with van der Waals surface area (Å²) in [6.07, 6.45) is 0. The van der Waals surface area contributed by atoms with E-state index in [1.165, 1.54) is 11.3 Å². The number of thiophene rings is 1. The molecule has 15 heavy (non-hydrogen) atoms. The summed E-state index contributed by atoms with van der Waals surface area (Å²) in [5.74, 6) is 0.0159. The molecule has 0 aliphatic rings. The van der Waals surface area contributed by atoms with Crippen LogP contribution in [-0.2, 0) is 9.47 Å². The Hall–Kier alpha value is -0.230. The summed E-state index contributed by atoms with van der Waals surface area (Å²) >= 11 is 4.73. The lowest BCUT2D eigenvalue weighted by molar-refractivity contribution is 0.0477. The molecular formula is C10H13BrO3S. The molecule has 0 saturated heterocycles. The third-order valence-electron chi connectivity index (χ3n) is 1.66. The van der Waals surface area contributed by atoms with Crippen molar-refractivity contribution in [1.82, 2.24) is 0 Å². The molecule has 0 aromatic carbocycles. The van der Waals surface area contributed by atoms with E-state index in [-0.39, 0.29) is 12.4 Å². The van der Waals surface area contributed by atoms with Crippen molar-refractivity contribution in [3.05, 3.63) is 20.8 Å². The van der Waals surface area contributed by atoms with E-state index in [9.17, 15) is 4.79 Å². The monoisotopic (exact) mass is 292 g/mol. The van der Waals surface area contributed by atoms with Crippen LogP contribution < -0.4 is 0 Å². The van der Waals surface area contributed by atoms with Gasteiger partial charge in [-0.25, -0.2) is 0 Å². The maximum atomic E-state index is 11.5. The average Bonchev–Trinajstić information content (AvgIpc) is 2.64. The predicted octanol–water partition coefficient (Wildman–Crippen LogP) is 2.75. The molecule has 1 aromatic rings. The fourth-order valence-electron chi connectivity index (χ4n) is 0.962. The zero-order valence-electron chi connectivity index (χ0n) is 8.49. The number of rotatable bonds is 7. The molecule has 5 heteroatoms. The fourth-order valence-corrected chi connectivity index (χ4v) is 2.27. The molecule has 0 aliphatic heterocycles. The highest BCUT2D eigenvalue weighted by Crippen LogP contribution is 2.22. The Morgan fingerprint density at radius 1 is 1.40 bits per heavy atom. The van der Waals surface area contributed by atoms with E-state index in [0.29, 0.717) is 19.8 Å². The summed E-state index contributed by atoms with van der Waals surface area (Å²) in [4.78, 5) is 12.2. The van der Waals surface area contributed by atoms with Crippen LogP contribution in [0.1, 0.15) is 16.6 Å². The Labute approximate surface area is 102 Å². The zero-order valence-corrected chi connectivity index (χ0v) is 10.9. The van der Waals surface area contributed by atoms with E-state index in [1.54, 1.807) is 6.07 Å². The number of carbonyl (C=O) groups is 1. The smallest absolute Gasteiger partial charge is 0.198 e. The third kappa shape index (κ3) is 4.88. The van der Waals surface area contributed by atoms with Crippen molar-refractivity contribution >= 4 is 33.0 Å². The second-order valence-corrected chi connectivity index (χ2v) is 5.24. The van der Waals surface area contributed by atoms with Crippen molar-refractivity contribution in [2.75, 3.05) is 26.4 Å². The molecule has 0 amide bonds. The van der Waals surface area contributed by atoms with Crippen LogP contribution in [0.5, 0.6) is 0 Å². The number of ether oxygens (including phenoxy) is 2. The molecule has 0 spiro atoms. The van der Waals surface area contributed by atoms with E-state index in [4.69, 9.17) is 9.47 Å². The van der Waals surface area contributed by atoms with Gasteiger partial charge in [-0.1, -0.05) is 0 Å². The van der Waals surface area contributed by atoms with Crippen molar-refractivity contribution in [3.8, 4) is 0 Å². The number of ketones is 1. The summed E-state index contributed by atoms with van der Waals surface area (Å²) in [6.45, 7) is 3.73. The van der Waals surface area contributed by atoms with Gasteiger partial charge in [0.05, 0.1) is 21.9 Å². The molecule has 0 aliphatic carbocycles. The highest BCUT2D eigenvalue weighted by atomic mass is 79.9. The van der Waals surface area contributed by atoms with Crippen LogP contribution in [0, 0.1) is 0 Å². The van der Waals surface area contributed by atoms with E-state index >= 15 is 0 Å². The first kappa shape index (κ1) is 12.8. The van der Waals surface area contributed by atoms with Crippen LogP contribution in [0.3, 0.4) is 0 Å². The first-order valence-corrected chi connectivity index (χ1v) is 6.29. The summed E-state index contributed by atoms with van der Waals surface area (Å²) < 4.78 is 11.2. The van der Waals surface area contributed by atoms with Gasteiger partial charge < -0.3 is 9.47 Å². The first-order valence-electron chi connectivity index (χ1n) is 4.68. The van der Waals surface area contributed by atoms with E-state index < -0.39 is 0 Å². The fraction of sp³-hybridized carbons (Fsp3) is 0.500. The van der Waals surface area contributed by atoms with Gasteiger partial charge in [0.15, 0.2) is 5.78 Å². The van der Waals surface area contributed by atoms with Gasteiger partial charge in [-0.3, -0.25) is 4.79 Å². The van der Waals surface area contributed by atoms with Crippen LogP contribution in [0.25, 0.3) is 0 Å². The average molecular weight is 293 g/mol. The molecule has 0 radical (unpaired) electrons. The van der Waals surface area contributed by atoms with Gasteiger partial charge in [-0.05, 0) is 35.0 Å². The molecular weight excluding hydrogens is 280 g/mol. The second-order valence-electron chi connectivity index (χ2n) is 2.78. The van der Waals surface area contributed by atoms with Crippen LogP contribution in [0.15, 0.2) is 15.9 Å². The number of carbonyl (C=O) groups excluding carboxylic acids is 1. The molecule has 0 N–H and O–H groups in total. The first-order chi connectivity index (χ1) is 7.24. The van der Waals surface area contributed by atoms with E-state index in [2.05, 4.69) is 15.9 Å². The van der Waals surface area contributed by atoms with Gasteiger partial charge in [0.2, 0.25) is 0 Å². The van der Waals surface area contributed by atoms with E-state index in [0.717, 1.165) is 8.66 Å². The molecule has 84 valence electrons. The molecule has 0 saturated carbocycles. The van der Waals surface area contributed by atoms with Gasteiger partial charge in [-0.2, -0.15) is 0 Å². The largest absolute Gasteiger partial charge is 0.379 e. The van der Waals surface area contributed by atoms with Crippen LogP contribution in [-0.4, -0.2) is 32.2 Å². The molecule has 1 heterocycles. The highest BCUT2D eigenvalue weighted by Gasteiger charge is 2.08.